The number of phenolic OH excluding ortho intramolecular Hbond substituents is 1. The third kappa shape index (κ3) is 3.92. The normalized spacial score (nSPS) is 11.6. The highest BCUT2D eigenvalue weighted by molar-refractivity contribution is 6.01. The van der Waals surface area contributed by atoms with Gasteiger partial charge >= 0.3 is 0 Å². The molecule has 0 atom stereocenters. The zero-order valence-corrected chi connectivity index (χ0v) is 19.7. The summed E-state index contributed by atoms with van der Waals surface area (Å²) in [6.07, 6.45) is 7.06. The van der Waals surface area contributed by atoms with Crippen LogP contribution in [0.5, 0.6) is 5.75 Å². The van der Waals surface area contributed by atoms with Crippen LogP contribution in [-0.4, -0.2) is 36.3 Å². The number of nitrogens with one attached hydrogen (secondary N) is 3. The van der Waals surface area contributed by atoms with E-state index in [2.05, 4.69) is 56.4 Å². The van der Waals surface area contributed by atoms with E-state index in [1.165, 1.54) is 12.1 Å². The van der Waals surface area contributed by atoms with Crippen LogP contribution in [0.15, 0.2) is 73.3 Å². The van der Waals surface area contributed by atoms with E-state index in [0.717, 1.165) is 56.1 Å². The first kappa shape index (κ1) is 21.8. The van der Waals surface area contributed by atoms with Gasteiger partial charge in [-0.2, -0.15) is 5.10 Å². The number of rotatable bonds is 5. The van der Waals surface area contributed by atoms with Gasteiger partial charge in [-0.05, 0) is 61.4 Å². The lowest BCUT2D eigenvalue weighted by Gasteiger charge is -2.11. The molecule has 0 amide bonds. The van der Waals surface area contributed by atoms with Gasteiger partial charge in [-0.1, -0.05) is 6.07 Å². The number of fused-ring (bicyclic) bond motifs is 2. The Balaban J connectivity index is 1.45. The quantitative estimate of drug-likeness (QED) is 0.226. The Labute approximate surface area is 206 Å². The molecule has 0 unspecified atom stereocenters. The minimum Gasteiger partial charge on any atom is -0.508 e. The van der Waals surface area contributed by atoms with E-state index in [4.69, 9.17) is 0 Å². The number of benzene rings is 2. The monoisotopic (exact) mass is 478 g/mol. The molecule has 0 aliphatic carbocycles. The Morgan fingerprint density at radius 3 is 2.53 bits per heavy atom. The number of H-pyrrole nitrogens is 2. The molecule has 0 aliphatic rings. The molecule has 0 saturated carbocycles. The van der Waals surface area contributed by atoms with Crippen molar-refractivity contribution in [2.75, 3.05) is 5.32 Å². The predicted octanol–water partition coefficient (Wildman–Crippen LogP) is 6.50. The number of hydrogen-bond acceptors (Lipinski definition) is 5. The van der Waals surface area contributed by atoms with Crippen LogP contribution in [0.4, 0.5) is 10.1 Å². The summed E-state index contributed by atoms with van der Waals surface area (Å²) in [5, 5.41) is 22.8. The second kappa shape index (κ2) is 8.49. The maximum atomic E-state index is 14.0. The first-order valence-electron chi connectivity index (χ1n) is 11.6. The third-order valence-corrected chi connectivity index (χ3v) is 6.08. The maximum Gasteiger partial charge on any atom is 0.127 e. The summed E-state index contributed by atoms with van der Waals surface area (Å²) < 4.78 is 14.0. The summed E-state index contributed by atoms with van der Waals surface area (Å²) >= 11 is 0. The van der Waals surface area contributed by atoms with E-state index in [9.17, 15) is 9.50 Å². The van der Waals surface area contributed by atoms with Gasteiger partial charge in [-0.15, -0.1) is 0 Å². The van der Waals surface area contributed by atoms with Crippen molar-refractivity contribution in [1.29, 1.82) is 0 Å². The van der Waals surface area contributed by atoms with Crippen molar-refractivity contribution in [2.45, 2.75) is 19.9 Å². The largest absolute Gasteiger partial charge is 0.508 e. The van der Waals surface area contributed by atoms with Crippen molar-refractivity contribution in [1.82, 2.24) is 25.1 Å². The SMILES string of the molecule is CC(C)Nc1cncc(-c2ccc3[nH]nc(-c4cc5c(-c6cc(O)cc(F)c6)cncc5[nH]4)c3c2)c1. The van der Waals surface area contributed by atoms with Crippen LogP contribution >= 0.6 is 0 Å². The summed E-state index contributed by atoms with van der Waals surface area (Å²) in [6, 6.07) is 14.5. The second-order valence-corrected chi connectivity index (χ2v) is 9.12. The van der Waals surface area contributed by atoms with Gasteiger partial charge in [-0.3, -0.25) is 15.1 Å². The molecule has 4 aromatic heterocycles. The minimum absolute atomic E-state index is 0.134. The number of halogens is 1. The molecule has 4 heterocycles. The molecule has 8 heteroatoms. The summed E-state index contributed by atoms with van der Waals surface area (Å²) in [7, 11) is 0. The maximum absolute atomic E-state index is 14.0. The van der Waals surface area contributed by atoms with E-state index < -0.39 is 5.82 Å². The van der Waals surface area contributed by atoms with Gasteiger partial charge in [0.2, 0.25) is 0 Å². The molecule has 0 radical (unpaired) electrons. The number of aromatic nitrogens is 5. The molecule has 0 bridgehead atoms. The van der Waals surface area contributed by atoms with E-state index in [0.29, 0.717) is 17.2 Å². The van der Waals surface area contributed by atoms with E-state index in [1.54, 1.807) is 12.4 Å². The van der Waals surface area contributed by atoms with Gasteiger partial charge in [0.25, 0.3) is 0 Å². The van der Waals surface area contributed by atoms with Gasteiger partial charge in [0.1, 0.15) is 17.3 Å². The van der Waals surface area contributed by atoms with Crippen molar-refractivity contribution in [2.24, 2.45) is 0 Å². The Hall–Kier alpha value is -4.72. The summed E-state index contributed by atoms with van der Waals surface area (Å²) in [6.45, 7) is 4.18. The lowest BCUT2D eigenvalue weighted by molar-refractivity contribution is 0.469. The smallest absolute Gasteiger partial charge is 0.127 e. The minimum atomic E-state index is -0.509. The fraction of sp³-hybridized carbons (Fsp3) is 0.107. The molecule has 4 N–H and O–H groups in total. The second-order valence-electron chi connectivity index (χ2n) is 9.12. The van der Waals surface area contributed by atoms with Crippen molar-refractivity contribution >= 4 is 27.5 Å². The lowest BCUT2D eigenvalue weighted by atomic mass is 10.0. The molecule has 0 spiro atoms. The van der Waals surface area contributed by atoms with Crippen LogP contribution in [0.1, 0.15) is 13.8 Å². The van der Waals surface area contributed by atoms with Gasteiger partial charge in [-0.25, -0.2) is 4.39 Å². The third-order valence-electron chi connectivity index (χ3n) is 6.08. The van der Waals surface area contributed by atoms with Crippen molar-refractivity contribution < 1.29 is 9.50 Å². The molecule has 2 aromatic carbocycles. The lowest BCUT2D eigenvalue weighted by Crippen LogP contribution is -2.09. The summed E-state index contributed by atoms with van der Waals surface area (Å²) in [5.74, 6) is -0.642. The zero-order valence-electron chi connectivity index (χ0n) is 19.7. The van der Waals surface area contributed by atoms with Gasteiger partial charge < -0.3 is 15.4 Å². The highest BCUT2D eigenvalue weighted by atomic mass is 19.1. The van der Waals surface area contributed by atoms with Crippen LogP contribution in [0.3, 0.4) is 0 Å². The summed E-state index contributed by atoms with van der Waals surface area (Å²) in [5.41, 5.74) is 7.52. The van der Waals surface area contributed by atoms with Crippen LogP contribution in [-0.2, 0) is 0 Å². The molecular weight excluding hydrogens is 455 g/mol. The van der Waals surface area contributed by atoms with Crippen molar-refractivity contribution in [3.05, 3.63) is 79.1 Å². The average Bonchev–Trinajstić information content (AvgIpc) is 3.46. The van der Waals surface area contributed by atoms with Crippen LogP contribution in [0.25, 0.3) is 55.4 Å². The van der Waals surface area contributed by atoms with Gasteiger partial charge in [0.15, 0.2) is 0 Å². The predicted molar refractivity (Wildman–Crippen MR) is 140 cm³/mol. The fourth-order valence-corrected chi connectivity index (χ4v) is 4.55. The Morgan fingerprint density at radius 1 is 0.833 bits per heavy atom. The molecule has 36 heavy (non-hydrogen) atoms. The number of anilines is 1. The summed E-state index contributed by atoms with van der Waals surface area (Å²) in [4.78, 5) is 12.1. The highest BCUT2D eigenvalue weighted by Gasteiger charge is 2.15. The first-order valence-corrected chi connectivity index (χ1v) is 11.6. The molecule has 7 nitrogen and oxygen atoms in total. The van der Waals surface area contributed by atoms with E-state index in [1.807, 2.05) is 30.6 Å². The molecule has 0 aliphatic heterocycles. The van der Waals surface area contributed by atoms with Crippen molar-refractivity contribution in [3.63, 3.8) is 0 Å². The van der Waals surface area contributed by atoms with Gasteiger partial charge in [0.05, 0.1) is 28.6 Å². The zero-order chi connectivity index (χ0) is 24.8. The fourth-order valence-electron chi connectivity index (χ4n) is 4.55. The van der Waals surface area contributed by atoms with E-state index in [-0.39, 0.29) is 5.75 Å². The molecule has 6 aromatic rings. The standard InChI is InChI=1S/C28H23FN6O/c1-15(2)32-20-6-18(11-30-12-20)16-3-4-25-23(8-16)28(35-34-25)26-10-22-24(13-31-14-27(22)33-26)17-5-19(29)9-21(36)7-17/h3-15,32-33,36H,1-2H3,(H,34,35). The van der Waals surface area contributed by atoms with E-state index >= 15 is 0 Å². The molecule has 0 saturated heterocycles. The van der Waals surface area contributed by atoms with Gasteiger partial charge in [0, 0.05) is 52.6 Å². The van der Waals surface area contributed by atoms with Crippen LogP contribution in [0.2, 0.25) is 0 Å². The molecule has 178 valence electrons. The van der Waals surface area contributed by atoms with Crippen LogP contribution in [0, 0.1) is 5.82 Å². The Kier molecular flexibility index (Phi) is 5.14. The number of aromatic hydroxyl groups is 1. The molecule has 6 rings (SSSR count). The average molecular weight is 479 g/mol. The van der Waals surface area contributed by atoms with Crippen molar-refractivity contribution in [3.8, 4) is 39.4 Å². The highest BCUT2D eigenvalue weighted by Crippen LogP contribution is 2.36. The van der Waals surface area contributed by atoms with Crippen LogP contribution < -0.4 is 5.32 Å². The number of phenols is 1. The number of hydrogen-bond donors (Lipinski definition) is 4. The Bertz CT molecular complexity index is 1720. The first-order chi connectivity index (χ1) is 17.4. The topological polar surface area (TPSA) is 103 Å². The number of pyridine rings is 2. The Morgan fingerprint density at radius 2 is 1.69 bits per heavy atom. The number of aromatic amines is 2. The molecule has 0 fully saturated rings. The molecular formula is C28H23FN6O. The number of nitrogens with zero attached hydrogens (tertiary/aromatic N) is 3.